The lowest BCUT2D eigenvalue weighted by atomic mass is 10.0. The fraction of sp³-hybridized carbons (Fsp3) is 0.533. The number of anilines is 1. The number of ether oxygens (including phenoxy) is 1. The molecule has 0 saturated heterocycles. The summed E-state index contributed by atoms with van der Waals surface area (Å²) in [6.07, 6.45) is 0.781. The van der Waals surface area contributed by atoms with Crippen LogP contribution in [0.25, 0.3) is 0 Å². The van der Waals surface area contributed by atoms with Crippen molar-refractivity contribution >= 4 is 11.7 Å². The van der Waals surface area contributed by atoms with Gasteiger partial charge in [0.2, 0.25) is 0 Å². The van der Waals surface area contributed by atoms with Crippen molar-refractivity contribution in [1.29, 1.82) is 0 Å². The number of hydrogen-bond acceptors (Lipinski definition) is 3. The third kappa shape index (κ3) is 3.76. The molecule has 1 rings (SSSR count). The summed E-state index contributed by atoms with van der Waals surface area (Å²) in [5.41, 5.74) is 2.38. The minimum absolute atomic E-state index is 0.0878. The van der Waals surface area contributed by atoms with E-state index in [9.17, 15) is 4.79 Å². The van der Waals surface area contributed by atoms with E-state index < -0.39 is 0 Å². The van der Waals surface area contributed by atoms with Crippen LogP contribution in [0.4, 0.5) is 5.69 Å². The molecule has 1 aromatic rings. The van der Waals surface area contributed by atoms with E-state index in [0.29, 0.717) is 12.5 Å². The van der Waals surface area contributed by atoms with Crippen LogP contribution >= 0.6 is 0 Å². The van der Waals surface area contributed by atoms with Crippen molar-refractivity contribution < 1.29 is 9.53 Å². The molecule has 0 spiro atoms. The van der Waals surface area contributed by atoms with E-state index in [1.807, 2.05) is 19.1 Å². The van der Waals surface area contributed by atoms with E-state index in [1.54, 1.807) is 0 Å². The smallest absolute Gasteiger partial charge is 0.310 e. The Morgan fingerprint density at radius 3 is 2.56 bits per heavy atom. The molecular weight excluding hydrogens is 226 g/mol. The quantitative estimate of drug-likeness (QED) is 0.785. The Bertz CT molecular complexity index is 388. The maximum absolute atomic E-state index is 11.5. The number of carbonyl (C=O) groups is 1. The Morgan fingerprint density at radius 1 is 1.33 bits per heavy atom. The molecule has 0 bridgehead atoms. The summed E-state index contributed by atoms with van der Waals surface area (Å²) in [4.78, 5) is 11.5. The highest BCUT2D eigenvalue weighted by atomic mass is 16.5. The highest BCUT2D eigenvalue weighted by Crippen LogP contribution is 2.24. The van der Waals surface area contributed by atoms with Crippen molar-refractivity contribution in [2.24, 2.45) is 5.92 Å². The molecule has 0 radical (unpaired) electrons. The monoisotopic (exact) mass is 249 g/mol. The first-order chi connectivity index (χ1) is 8.60. The number of rotatable bonds is 6. The lowest BCUT2D eigenvalue weighted by Gasteiger charge is -2.18. The summed E-state index contributed by atoms with van der Waals surface area (Å²) in [7, 11) is 1.44. The second-order valence-corrected chi connectivity index (χ2v) is 4.75. The summed E-state index contributed by atoms with van der Waals surface area (Å²) in [5.74, 6) is 0.231. The van der Waals surface area contributed by atoms with Crippen LogP contribution in [-0.2, 0) is 9.53 Å². The molecule has 18 heavy (non-hydrogen) atoms. The van der Waals surface area contributed by atoms with Gasteiger partial charge in [-0.05, 0) is 24.0 Å². The Labute approximate surface area is 110 Å². The Kier molecular flexibility index (Phi) is 5.69. The first-order valence-electron chi connectivity index (χ1n) is 6.50. The largest absolute Gasteiger partial charge is 0.469 e. The van der Waals surface area contributed by atoms with Gasteiger partial charge < -0.3 is 10.1 Å². The topological polar surface area (TPSA) is 38.3 Å². The average Bonchev–Trinajstić information content (AvgIpc) is 2.39. The molecule has 3 heteroatoms. The highest BCUT2D eigenvalue weighted by Gasteiger charge is 2.17. The van der Waals surface area contributed by atoms with E-state index in [4.69, 9.17) is 4.74 Å². The summed E-state index contributed by atoms with van der Waals surface area (Å²) >= 11 is 0. The van der Waals surface area contributed by atoms with Crippen molar-refractivity contribution in [2.75, 3.05) is 19.0 Å². The molecule has 1 unspecified atom stereocenters. The second kappa shape index (κ2) is 7.04. The normalized spacial score (nSPS) is 12.3. The minimum atomic E-state index is -0.146. The van der Waals surface area contributed by atoms with E-state index in [-0.39, 0.29) is 11.9 Å². The number of benzene rings is 1. The number of carbonyl (C=O) groups excluding carboxylic acids is 1. The fourth-order valence-corrected chi connectivity index (χ4v) is 1.96. The molecule has 0 aliphatic carbocycles. The summed E-state index contributed by atoms with van der Waals surface area (Å²) < 4.78 is 4.79. The lowest BCUT2D eigenvalue weighted by molar-refractivity contribution is -0.145. The maximum atomic E-state index is 11.5. The maximum Gasteiger partial charge on any atom is 0.310 e. The van der Waals surface area contributed by atoms with Crippen LogP contribution in [0.3, 0.4) is 0 Å². The highest BCUT2D eigenvalue weighted by molar-refractivity contribution is 5.73. The van der Waals surface area contributed by atoms with Gasteiger partial charge in [0, 0.05) is 12.2 Å². The average molecular weight is 249 g/mol. The standard InChI is InChI=1S/C15H23NO2/c1-5-12(15(17)18-4)10-16-14-9-7-6-8-13(14)11(2)3/h6-9,11-12,16H,5,10H2,1-4H3. The van der Waals surface area contributed by atoms with Crippen molar-refractivity contribution in [3.63, 3.8) is 0 Å². The second-order valence-electron chi connectivity index (χ2n) is 4.75. The molecule has 1 atom stereocenters. The third-order valence-electron chi connectivity index (χ3n) is 3.15. The van der Waals surface area contributed by atoms with Crippen molar-refractivity contribution in [2.45, 2.75) is 33.1 Å². The fourth-order valence-electron chi connectivity index (χ4n) is 1.96. The van der Waals surface area contributed by atoms with Crippen molar-refractivity contribution in [3.05, 3.63) is 29.8 Å². The van der Waals surface area contributed by atoms with Crippen LogP contribution in [-0.4, -0.2) is 19.6 Å². The molecule has 100 valence electrons. The molecule has 1 aromatic carbocycles. The van der Waals surface area contributed by atoms with Gasteiger partial charge in [0.15, 0.2) is 0 Å². The van der Waals surface area contributed by atoms with E-state index in [1.165, 1.54) is 12.7 Å². The number of para-hydroxylation sites is 1. The van der Waals surface area contributed by atoms with Gasteiger partial charge in [-0.1, -0.05) is 39.0 Å². The van der Waals surface area contributed by atoms with Crippen molar-refractivity contribution in [1.82, 2.24) is 0 Å². The van der Waals surface area contributed by atoms with Gasteiger partial charge >= 0.3 is 5.97 Å². The van der Waals surface area contributed by atoms with Gasteiger partial charge in [0.25, 0.3) is 0 Å². The van der Waals surface area contributed by atoms with Crippen LogP contribution in [0.1, 0.15) is 38.7 Å². The van der Waals surface area contributed by atoms with Crippen LogP contribution in [0.5, 0.6) is 0 Å². The molecule has 0 heterocycles. The van der Waals surface area contributed by atoms with Gasteiger partial charge in [-0.15, -0.1) is 0 Å². The van der Waals surface area contributed by atoms with Crippen LogP contribution in [0, 0.1) is 5.92 Å². The predicted molar refractivity (Wildman–Crippen MR) is 74.8 cm³/mol. The first-order valence-corrected chi connectivity index (χ1v) is 6.50. The SMILES string of the molecule is CCC(CNc1ccccc1C(C)C)C(=O)OC. The lowest BCUT2D eigenvalue weighted by Crippen LogP contribution is -2.24. The predicted octanol–water partition coefficient (Wildman–Crippen LogP) is 3.42. The number of methoxy groups -OCH3 is 1. The van der Waals surface area contributed by atoms with E-state index >= 15 is 0 Å². The Morgan fingerprint density at radius 2 is 2.00 bits per heavy atom. The summed E-state index contributed by atoms with van der Waals surface area (Å²) in [6, 6.07) is 8.22. The van der Waals surface area contributed by atoms with Crippen molar-refractivity contribution in [3.8, 4) is 0 Å². The van der Waals surface area contributed by atoms with E-state index in [0.717, 1.165) is 12.1 Å². The van der Waals surface area contributed by atoms with Gasteiger partial charge in [-0.3, -0.25) is 4.79 Å². The third-order valence-corrected chi connectivity index (χ3v) is 3.15. The molecule has 0 aliphatic heterocycles. The van der Waals surface area contributed by atoms with Gasteiger partial charge in [-0.25, -0.2) is 0 Å². The molecule has 0 aliphatic rings. The zero-order valence-corrected chi connectivity index (χ0v) is 11.7. The minimum Gasteiger partial charge on any atom is -0.469 e. The van der Waals surface area contributed by atoms with Gasteiger partial charge in [-0.2, -0.15) is 0 Å². The number of esters is 1. The molecule has 0 aromatic heterocycles. The molecule has 0 amide bonds. The summed E-state index contributed by atoms with van der Waals surface area (Å²) in [5, 5.41) is 3.36. The van der Waals surface area contributed by atoms with Crippen LogP contribution < -0.4 is 5.32 Å². The molecule has 0 saturated carbocycles. The number of nitrogens with one attached hydrogen (secondary N) is 1. The Hall–Kier alpha value is -1.51. The van der Waals surface area contributed by atoms with Gasteiger partial charge in [0.05, 0.1) is 13.0 Å². The Balaban J connectivity index is 2.70. The molecule has 3 nitrogen and oxygen atoms in total. The molecule has 1 N–H and O–H groups in total. The zero-order chi connectivity index (χ0) is 13.5. The summed E-state index contributed by atoms with van der Waals surface area (Å²) in [6.45, 7) is 6.95. The van der Waals surface area contributed by atoms with Crippen LogP contribution in [0.2, 0.25) is 0 Å². The zero-order valence-electron chi connectivity index (χ0n) is 11.7. The van der Waals surface area contributed by atoms with Crippen LogP contribution in [0.15, 0.2) is 24.3 Å². The first kappa shape index (κ1) is 14.6. The molecule has 0 fully saturated rings. The number of hydrogen-bond donors (Lipinski definition) is 1. The van der Waals surface area contributed by atoms with E-state index in [2.05, 4.69) is 31.3 Å². The molecular formula is C15H23NO2. The van der Waals surface area contributed by atoms with Gasteiger partial charge in [0.1, 0.15) is 0 Å².